The van der Waals surface area contributed by atoms with Gasteiger partial charge in [-0.25, -0.2) is 13.2 Å². The third-order valence-electron chi connectivity index (χ3n) is 5.51. The summed E-state index contributed by atoms with van der Waals surface area (Å²) in [6.45, 7) is 6.13. The van der Waals surface area contributed by atoms with Gasteiger partial charge in [-0.15, -0.1) is 10.2 Å². The van der Waals surface area contributed by atoms with Crippen molar-refractivity contribution in [3.63, 3.8) is 0 Å². The van der Waals surface area contributed by atoms with Crippen LogP contribution in [-0.4, -0.2) is 65.0 Å². The molecule has 12 heteroatoms. The van der Waals surface area contributed by atoms with Gasteiger partial charge >= 0.3 is 6.09 Å². The lowest BCUT2D eigenvalue weighted by Crippen LogP contribution is -2.48. The zero-order chi connectivity index (χ0) is 25.9. The number of tetrazole rings is 1. The predicted octanol–water partition coefficient (Wildman–Crippen LogP) is 3.03. The standard InChI is InChI=1S/C24H30N6O5S/c1-24(2,3)35-23(31)29-14-6-9-21(29)27-36(32,33)20-8-5-7-18(15-20)22-25-28-30(26-22)16-17-10-12-19(34-4)13-11-17/h5,7-8,10-13,15,21,27H,6,9,14,16H2,1-4H3. The second kappa shape index (κ2) is 10.2. The fourth-order valence-corrected chi connectivity index (χ4v) is 5.08. The minimum absolute atomic E-state index is 0.0440. The number of benzene rings is 2. The van der Waals surface area contributed by atoms with Crippen LogP contribution >= 0.6 is 0 Å². The Balaban J connectivity index is 1.47. The van der Waals surface area contributed by atoms with E-state index in [0.717, 1.165) is 11.3 Å². The molecule has 2 heterocycles. The molecule has 1 N–H and O–H groups in total. The summed E-state index contributed by atoms with van der Waals surface area (Å²) in [5.74, 6) is 1.06. The zero-order valence-corrected chi connectivity index (χ0v) is 21.5. The minimum Gasteiger partial charge on any atom is -0.497 e. The van der Waals surface area contributed by atoms with Gasteiger partial charge in [0.2, 0.25) is 15.8 Å². The Morgan fingerprint density at radius 3 is 2.61 bits per heavy atom. The molecule has 1 saturated heterocycles. The molecular weight excluding hydrogens is 484 g/mol. The lowest BCUT2D eigenvalue weighted by Gasteiger charge is -2.28. The maximum absolute atomic E-state index is 13.2. The summed E-state index contributed by atoms with van der Waals surface area (Å²) in [6.07, 6.45) is -0.0521. The highest BCUT2D eigenvalue weighted by Crippen LogP contribution is 2.23. The molecule has 0 aliphatic carbocycles. The third kappa shape index (κ3) is 6.18. The molecule has 4 rings (SSSR count). The van der Waals surface area contributed by atoms with Gasteiger partial charge in [0, 0.05) is 12.1 Å². The molecule has 2 aromatic carbocycles. The first kappa shape index (κ1) is 25.6. The molecule has 0 saturated carbocycles. The number of aromatic nitrogens is 4. The van der Waals surface area contributed by atoms with Crippen LogP contribution in [0.3, 0.4) is 0 Å². The van der Waals surface area contributed by atoms with E-state index in [-0.39, 0.29) is 4.90 Å². The first-order valence-electron chi connectivity index (χ1n) is 11.6. The van der Waals surface area contributed by atoms with Crippen LogP contribution < -0.4 is 9.46 Å². The number of rotatable bonds is 7. The quantitative estimate of drug-likeness (QED) is 0.509. The topological polar surface area (TPSA) is 129 Å². The molecule has 1 atom stereocenters. The summed E-state index contributed by atoms with van der Waals surface area (Å²) in [6, 6.07) is 13.8. The van der Waals surface area contributed by atoms with Gasteiger partial charge in [-0.3, -0.25) is 4.90 Å². The van der Waals surface area contributed by atoms with Crippen molar-refractivity contribution in [2.45, 2.75) is 56.8 Å². The molecule has 11 nitrogen and oxygen atoms in total. The number of methoxy groups -OCH3 is 1. The highest BCUT2D eigenvalue weighted by molar-refractivity contribution is 7.89. The molecule has 3 aromatic rings. The van der Waals surface area contributed by atoms with Crippen LogP contribution in [-0.2, 0) is 21.3 Å². The molecule has 1 aliphatic rings. The monoisotopic (exact) mass is 514 g/mol. The van der Waals surface area contributed by atoms with Gasteiger partial charge < -0.3 is 9.47 Å². The van der Waals surface area contributed by atoms with E-state index in [1.807, 2.05) is 24.3 Å². The van der Waals surface area contributed by atoms with Crippen molar-refractivity contribution in [3.05, 3.63) is 54.1 Å². The maximum Gasteiger partial charge on any atom is 0.411 e. The summed E-state index contributed by atoms with van der Waals surface area (Å²) in [5, 5.41) is 12.6. The van der Waals surface area contributed by atoms with Crippen LogP contribution in [0, 0.1) is 0 Å². The Morgan fingerprint density at radius 1 is 1.17 bits per heavy atom. The van der Waals surface area contributed by atoms with Gasteiger partial charge in [-0.05, 0) is 68.7 Å². The summed E-state index contributed by atoms with van der Waals surface area (Å²) >= 11 is 0. The summed E-state index contributed by atoms with van der Waals surface area (Å²) in [4.78, 5) is 15.4. The zero-order valence-electron chi connectivity index (χ0n) is 20.7. The average molecular weight is 515 g/mol. The molecule has 1 unspecified atom stereocenters. The van der Waals surface area contributed by atoms with Crippen molar-refractivity contribution in [2.75, 3.05) is 13.7 Å². The van der Waals surface area contributed by atoms with Crippen LogP contribution in [0.2, 0.25) is 0 Å². The van der Waals surface area contributed by atoms with E-state index in [0.29, 0.717) is 37.3 Å². The number of nitrogens with one attached hydrogen (secondary N) is 1. The number of amides is 1. The first-order chi connectivity index (χ1) is 17.0. The number of carbonyl (C=O) groups is 1. The number of nitrogens with zero attached hydrogens (tertiary/aromatic N) is 5. The van der Waals surface area contributed by atoms with Crippen LogP contribution in [0.25, 0.3) is 11.4 Å². The Hall–Kier alpha value is -3.51. The van der Waals surface area contributed by atoms with Gasteiger partial charge in [0.1, 0.15) is 11.4 Å². The molecule has 0 radical (unpaired) electrons. The van der Waals surface area contributed by atoms with Crippen molar-refractivity contribution in [3.8, 4) is 17.1 Å². The number of carbonyl (C=O) groups excluding carboxylic acids is 1. The second-order valence-electron chi connectivity index (χ2n) is 9.47. The van der Waals surface area contributed by atoms with Crippen LogP contribution in [0.1, 0.15) is 39.2 Å². The van der Waals surface area contributed by atoms with Crippen LogP contribution in [0.15, 0.2) is 53.4 Å². The smallest absolute Gasteiger partial charge is 0.411 e. The predicted molar refractivity (Wildman–Crippen MR) is 132 cm³/mol. The fraction of sp³-hybridized carbons (Fsp3) is 0.417. The fourth-order valence-electron chi connectivity index (χ4n) is 3.80. The van der Waals surface area contributed by atoms with E-state index in [1.165, 1.54) is 21.8 Å². The van der Waals surface area contributed by atoms with Gasteiger partial charge in [0.25, 0.3) is 0 Å². The van der Waals surface area contributed by atoms with E-state index in [4.69, 9.17) is 9.47 Å². The van der Waals surface area contributed by atoms with Crippen molar-refractivity contribution < 1.29 is 22.7 Å². The van der Waals surface area contributed by atoms with Crippen molar-refractivity contribution >= 4 is 16.1 Å². The normalized spacial score (nSPS) is 16.2. The highest BCUT2D eigenvalue weighted by Gasteiger charge is 2.35. The van der Waals surface area contributed by atoms with E-state index in [1.54, 1.807) is 40.0 Å². The SMILES string of the molecule is COc1ccc(Cn2nnc(-c3cccc(S(=O)(=O)NC4CCCN4C(=O)OC(C)(C)C)c3)n2)cc1. The summed E-state index contributed by atoms with van der Waals surface area (Å²) in [5.41, 5.74) is 0.801. The largest absolute Gasteiger partial charge is 0.497 e. The minimum atomic E-state index is -3.93. The number of hydrogen-bond donors (Lipinski definition) is 1. The summed E-state index contributed by atoms with van der Waals surface area (Å²) in [7, 11) is -2.32. The molecule has 0 bridgehead atoms. The van der Waals surface area contributed by atoms with Crippen molar-refractivity contribution in [1.29, 1.82) is 0 Å². The van der Waals surface area contributed by atoms with Crippen LogP contribution in [0.4, 0.5) is 4.79 Å². The Kier molecular flexibility index (Phi) is 7.27. The Morgan fingerprint density at radius 2 is 1.92 bits per heavy atom. The molecule has 36 heavy (non-hydrogen) atoms. The number of likely N-dealkylation sites (tertiary alicyclic amines) is 1. The van der Waals surface area contributed by atoms with Gasteiger partial charge in [0.15, 0.2) is 0 Å². The highest BCUT2D eigenvalue weighted by atomic mass is 32.2. The molecular formula is C24H30N6O5S. The number of hydrogen-bond acceptors (Lipinski definition) is 8. The molecule has 1 aromatic heterocycles. The Bertz CT molecular complexity index is 1320. The van der Waals surface area contributed by atoms with Gasteiger partial charge in [-0.2, -0.15) is 9.52 Å². The molecule has 1 aliphatic heterocycles. The second-order valence-corrected chi connectivity index (χ2v) is 11.2. The van der Waals surface area contributed by atoms with Gasteiger partial charge in [-0.1, -0.05) is 24.3 Å². The van der Waals surface area contributed by atoms with Gasteiger partial charge in [0.05, 0.1) is 24.7 Å². The molecule has 1 amide bonds. The molecule has 1 fully saturated rings. The van der Waals surface area contributed by atoms with E-state index >= 15 is 0 Å². The lowest BCUT2D eigenvalue weighted by molar-refractivity contribution is 0.0219. The maximum atomic E-state index is 13.2. The van der Waals surface area contributed by atoms with Crippen LogP contribution in [0.5, 0.6) is 5.75 Å². The van der Waals surface area contributed by atoms with Crippen molar-refractivity contribution in [1.82, 2.24) is 29.8 Å². The van der Waals surface area contributed by atoms with E-state index < -0.39 is 27.9 Å². The summed E-state index contributed by atoms with van der Waals surface area (Å²) < 4.78 is 39.6. The first-order valence-corrected chi connectivity index (χ1v) is 13.1. The van der Waals surface area contributed by atoms with E-state index in [2.05, 4.69) is 20.1 Å². The third-order valence-corrected chi connectivity index (χ3v) is 6.97. The molecule has 192 valence electrons. The average Bonchev–Trinajstić information content (AvgIpc) is 3.48. The number of sulfonamides is 1. The lowest BCUT2D eigenvalue weighted by atomic mass is 10.2. The Labute approximate surface area is 210 Å². The number of ether oxygens (including phenoxy) is 2. The molecule has 0 spiro atoms. The van der Waals surface area contributed by atoms with E-state index in [9.17, 15) is 13.2 Å². The van der Waals surface area contributed by atoms with Crippen molar-refractivity contribution in [2.24, 2.45) is 0 Å².